The zero-order valence-electron chi connectivity index (χ0n) is 20.4. The molecule has 3 amide bonds. The lowest BCUT2D eigenvalue weighted by Crippen LogP contribution is -2.58. The zero-order chi connectivity index (χ0) is 24.5. The first-order valence-electron chi connectivity index (χ1n) is 12.8. The molecule has 2 unspecified atom stereocenters. The Morgan fingerprint density at radius 1 is 1.15 bits per heavy atom. The third-order valence-electron chi connectivity index (χ3n) is 8.28. The molecule has 8 heteroatoms. The van der Waals surface area contributed by atoms with E-state index in [1.54, 1.807) is 29.0 Å². The Labute approximate surface area is 202 Å². The van der Waals surface area contributed by atoms with Crippen molar-refractivity contribution in [2.75, 3.05) is 33.3 Å². The Morgan fingerprint density at radius 3 is 2.50 bits per heavy atom. The second-order valence-corrected chi connectivity index (χ2v) is 10.2. The summed E-state index contributed by atoms with van der Waals surface area (Å²) in [6.45, 7) is 8.61. The third kappa shape index (κ3) is 3.98. The van der Waals surface area contributed by atoms with E-state index >= 15 is 0 Å². The van der Waals surface area contributed by atoms with E-state index in [-0.39, 0.29) is 43.0 Å². The van der Waals surface area contributed by atoms with E-state index in [1.807, 2.05) is 4.90 Å². The molecule has 3 aliphatic heterocycles. The molecule has 0 aromatic heterocycles. The molecule has 0 aromatic rings. The fraction of sp³-hybridized carbons (Fsp3) is 0.731. The molecule has 5 atom stereocenters. The van der Waals surface area contributed by atoms with Crippen molar-refractivity contribution >= 4 is 17.7 Å². The quantitative estimate of drug-likeness (QED) is 0.488. The van der Waals surface area contributed by atoms with Crippen LogP contribution < -0.4 is 0 Å². The number of aliphatic hydroxyl groups is 1. The number of amides is 3. The van der Waals surface area contributed by atoms with Crippen LogP contribution in [0, 0.1) is 11.8 Å². The first-order chi connectivity index (χ1) is 16.4. The van der Waals surface area contributed by atoms with Gasteiger partial charge in [0.05, 0.1) is 17.9 Å². The molecule has 1 N–H and O–H groups in total. The second kappa shape index (κ2) is 10.2. The molecular weight excluding hydrogens is 434 g/mol. The molecule has 4 aliphatic rings. The van der Waals surface area contributed by atoms with Gasteiger partial charge in [0.1, 0.15) is 11.6 Å². The van der Waals surface area contributed by atoms with Crippen LogP contribution in [0.15, 0.2) is 25.3 Å². The Bertz CT molecular complexity index is 825. The minimum atomic E-state index is -0.988. The fourth-order valence-electron chi connectivity index (χ4n) is 6.84. The Hall–Kier alpha value is -2.19. The average Bonchev–Trinajstić information content (AvgIpc) is 3.48. The van der Waals surface area contributed by atoms with Crippen molar-refractivity contribution in [3.05, 3.63) is 25.3 Å². The van der Waals surface area contributed by atoms with E-state index in [1.165, 1.54) is 6.42 Å². The first-order valence-corrected chi connectivity index (χ1v) is 12.8. The van der Waals surface area contributed by atoms with Crippen LogP contribution in [0.2, 0.25) is 0 Å². The van der Waals surface area contributed by atoms with Crippen LogP contribution in [0.5, 0.6) is 0 Å². The molecule has 8 nitrogen and oxygen atoms in total. The highest BCUT2D eigenvalue weighted by molar-refractivity contribution is 5.99. The predicted molar refractivity (Wildman–Crippen MR) is 128 cm³/mol. The fourth-order valence-corrected chi connectivity index (χ4v) is 6.84. The summed E-state index contributed by atoms with van der Waals surface area (Å²) in [5.74, 6) is -1.69. The van der Waals surface area contributed by atoms with Crippen LogP contribution in [-0.2, 0) is 19.1 Å². The summed E-state index contributed by atoms with van der Waals surface area (Å²) in [6.07, 6.45) is 9.92. The van der Waals surface area contributed by atoms with E-state index < -0.39 is 23.5 Å². The second-order valence-electron chi connectivity index (χ2n) is 10.2. The Kier molecular flexibility index (Phi) is 7.48. The number of likely N-dealkylation sites (tertiary alicyclic amines) is 1. The van der Waals surface area contributed by atoms with Gasteiger partial charge in [0, 0.05) is 39.3 Å². The maximum atomic E-state index is 14.2. The lowest BCUT2D eigenvalue weighted by Gasteiger charge is -2.40. The predicted octanol–water partition coefficient (Wildman–Crippen LogP) is 1.74. The van der Waals surface area contributed by atoms with E-state index in [4.69, 9.17) is 4.74 Å². The lowest BCUT2D eigenvalue weighted by molar-refractivity contribution is -0.150. The molecule has 4 fully saturated rings. The maximum Gasteiger partial charge on any atom is 0.248 e. The van der Waals surface area contributed by atoms with E-state index in [0.717, 1.165) is 25.7 Å². The average molecular weight is 474 g/mol. The summed E-state index contributed by atoms with van der Waals surface area (Å²) in [4.78, 5) is 46.5. The standard InChI is InChI=1S/C26H39N3O5/c1-4-14-27(3)23(31)20-19-12-13-26(34-19)21(20)24(32)29(16-9-17-30)22(26)25(33)28(15-5-2)18-10-7-6-8-11-18/h4-5,18-22,30H,1-2,6-17H2,3H3/t19-,20+,21-,22?,26?/m0/s1. The van der Waals surface area contributed by atoms with Crippen molar-refractivity contribution in [1.29, 1.82) is 0 Å². The van der Waals surface area contributed by atoms with Crippen molar-refractivity contribution in [2.24, 2.45) is 11.8 Å². The summed E-state index contributed by atoms with van der Waals surface area (Å²) >= 11 is 0. The molecular formula is C26H39N3O5. The van der Waals surface area contributed by atoms with Gasteiger partial charge in [0.15, 0.2) is 0 Å². The topological polar surface area (TPSA) is 90.4 Å². The molecule has 4 rings (SSSR count). The van der Waals surface area contributed by atoms with Gasteiger partial charge in [-0.25, -0.2) is 0 Å². The van der Waals surface area contributed by atoms with Gasteiger partial charge in [-0.2, -0.15) is 0 Å². The molecule has 3 heterocycles. The van der Waals surface area contributed by atoms with Crippen molar-refractivity contribution < 1.29 is 24.2 Å². The van der Waals surface area contributed by atoms with Gasteiger partial charge in [-0.05, 0) is 32.1 Å². The lowest BCUT2D eigenvalue weighted by atomic mass is 9.70. The highest BCUT2D eigenvalue weighted by Gasteiger charge is 2.74. The molecule has 1 spiro atoms. The molecule has 0 aromatic carbocycles. The number of ether oxygens (including phenoxy) is 1. The summed E-state index contributed by atoms with van der Waals surface area (Å²) < 4.78 is 6.50. The number of carbonyl (C=O) groups excluding carboxylic acids is 3. The number of likely N-dealkylation sites (N-methyl/N-ethyl adjacent to an activating group) is 1. The minimum Gasteiger partial charge on any atom is -0.396 e. The van der Waals surface area contributed by atoms with E-state index in [0.29, 0.717) is 32.4 Å². The molecule has 1 aliphatic carbocycles. The highest BCUT2D eigenvalue weighted by Crippen LogP contribution is 2.59. The Morgan fingerprint density at radius 2 is 1.85 bits per heavy atom. The summed E-state index contributed by atoms with van der Waals surface area (Å²) in [5.41, 5.74) is -0.988. The maximum absolute atomic E-state index is 14.2. The molecule has 3 saturated heterocycles. The smallest absolute Gasteiger partial charge is 0.248 e. The van der Waals surface area contributed by atoms with Crippen molar-refractivity contribution in [3.63, 3.8) is 0 Å². The van der Waals surface area contributed by atoms with Crippen LogP contribution in [0.3, 0.4) is 0 Å². The highest BCUT2D eigenvalue weighted by atomic mass is 16.5. The SMILES string of the molecule is C=CCN(C)C(=O)[C@@H]1[C@@H]2CCC3(O2)C(C(=O)N(CC=C)C2CCCCC2)N(CCCO)C(=O)[C@H]13. The van der Waals surface area contributed by atoms with Gasteiger partial charge >= 0.3 is 0 Å². The number of nitrogens with zero attached hydrogens (tertiary/aromatic N) is 3. The van der Waals surface area contributed by atoms with Gasteiger partial charge < -0.3 is 24.5 Å². The third-order valence-corrected chi connectivity index (χ3v) is 8.28. The molecule has 188 valence electrons. The van der Waals surface area contributed by atoms with Crippen LogP contribution in [0.1, 0.15) is 51.4 Å². The molecule has 1 saturated carbocycles. The first kappa shape index (κ1) is 24.9. The zero-order valence-corrected chi connectivity index (χ0v) is 20.4. The minimum absolute atomic E-state index is 0.0741. The largest absolute Gasteiger partial charge is 0.396 e. The molecule has 34 heavy (non-hydrogen) atoms. The van der Waals surface area contributed by atoms with Gasteiger partial charge in [-0.1, -0.05) is 31.4 Å². The Balaban J connectivity index is 1.70. The van der Waals surface area contributed by atoms with Gasteiger partial charge in [-0.3, -0.25) is 14.4 Å². The summed E-state index contributed by atoms with van der Waals surface area (Å²) in [7, 11) is 1.71. The molecule has 0 radical (unpaired) electrons. The van der Waals surface area contributed by atoms with Crippen LogP contribution in [0.4, 0.5) is 0 Å². The monoisotopic (exact) mass is 473 g/mol. The summed E-state index contributed by atoms with van der Waals surface area (Å²) in [5, 5.41) is 9.49. The van der Waals surface area contributed by atoms with Crippen molar-refractivity contribution in [3.8, 4) is 0 Å². The number of aliphatic hydroxyl groups excluding tert-OH is 1. The number of hydrogen-bond donors (Lipinski definition) is 1. The number of rotatable bonds is 10. The summed E-state index contributed by atoms with van der Waals surface area (Å²) in [6, 6.07) is -0.648. The van der Waals surface area contributed by atoms with Gasteiger partial charge in [0.2, 0.25) is 17.7 Å². The van der Waals surface area contributed by atoms with Crippen LogP contribution in [-0.4, -0.2) is 94.6 Å². The molecule has 2 bridgehead atoms. The van der Waals surface area contributed by atoms with Crippen molar-refractivity contribution in [1.82, 2.24) is 14.7 Å². The number of hydrogen-bond acceptors (Lipinski definition) is 5. The van der Waals surface area contributed by atoms with Gasteiger partial charge in [-0.15, -0.1) is 13.2 Å². The van der Waals surface area contributed by atoms with E-state index in [9.17, 15) is 19.5 Å². The number of carbonyl (C=O) groups is 3. The van der Waals surface area contributed by atoms with Crippen molar-refractivity contribution in [2.45, 2.75) is 75.2 Å². The van der Waals surface area contributed by atoms with Crippen LogP contribution >= 0.6 is 0 Å². The normalized spacial score (nSPS) is 32.5. The van der Waals surface area contributed by atoms with E-state index in [2.05, 4.69) is 13.2 Å². The van der Waals surface area contributed by atoms with Gasteiger partial charge in [0.25, 0.3) is 0 Å². The van der Waals surface area contributed by atoms with Crippen LogP contribution in [0.25, 0.3) is 0 Å². The number of fused-ring (bicyclic) bond motifs is 1.